The molecule has 2 amide bonds. The van der Waals surface area contributed by atoms with Crippen LogP contribution in [0.4, 0.5) is 0 Å². The molecular formula is C14H25N3O6S. The van der Waals surface area contributed by atoms with Crippen LogP contribution in [0.25, 0.3) is 0 Å². The zero-order valence-electron chi connectivity index (χ0n) is 14.6. The zero-order valence-corrected chi connectivity index (χ0v) is 14.5. The van der Waals surface area contributed by atoms with Crippen molar-refractivity contribution < 1.29 is 30.8 Å². The summed E-state index contributed by atoms with van der Waals surface area (Å²) in [6, 6.07) is -4.41. The first-order chi connectivity index (χ1) is 11.5. The molecule has 0 aromatic heterocycles. The van der Waals surface area contributed by atoms with Gasteiger partial charge in [0.1, 0.15) is 18.1 Å². The van der Waals surface area contributed by atoms with Gasteiger partial charge in [0, 0.05) is 12.2 Å². The van der Waals surface area contributed by atoms with Gasteiger partial charge < -0.3 is 26.6 Å². The van der Waals surface area contributed by atoms with Gasteiger partial charge >= 0.3 is 11.9 Å². The highest BCUT2D eigenvalue weighted by atomic mass is 32.1. The molecule has 0 aliphatic heterocycles. The first kappa shape index (κ1) is 20.2. The van der Waals surface area contributed by atoms with Crippen LogP contribution in [0.15, 0.2) is 0 Å². The van der Waals surface area contributed by atoms with E-state index in [1.165, 1.54) is 13.8 Å². The summed E-state index contributed by atoms with van der Waals surface area (Å²) in [6.45, 7) is 2.95. The molecular weight excluding hydrogens is 341 g/mol. The van der Waals surface area contributed by atoms with Gasteiger partial charge in [-0.2, -0.15) is 12.6 Å². The second kappa shape index (κ2) is 10.9. The first-order valence-electron chi connectivity index (χ1n) is 7.89. The summed E-state index contributed by atoms with van der Waals surface area (Å²) < 4.78 is 7.87. The predicted octanol–water partition coefficient (Wildman–Crippen LogP) is -0.791. The largest absolute Gasteiger partial charge is 0.480 e. The molecule has 0 aliphatic rings. The van der Waals surface area contributed by atoms with E-state index in [1.54, 1.807) is 0 Å². The van der Waals surface area contributed by atoms with E-state index in [2.05, 4.69) is 23.3 Å². The lowest BCUT2D eigenvalue weighted by Gasteiger charge is -2.22. The van der Waals surface area contributed by atoms with E-state index in [4.69, 9.17) is 17.3 Å². The minimum atomic E-state index is -2.22. The van der Waals surface area contributed by atoms with Gasteiger partial charge in [0.2, 0.25) is 11.8 Å². The molecule has 10 heteroatoms. The fourth-order valence-corrected chi connectivity index (χ4v) is 1.99. The van der Waals surface area contributed by atoms with E-state index < -0.39 is 47.8 Å². The van der Waals surface area contributed by atoms with E-state index >= 15 is 0 Å². The molecule has 0 aromatic rings. The van der Waals surface area contributed by atoms with Crippen LogP contribution in [0.2, 0.25) is 0 Å². The average molecular weight is 367 g/mol. The summed E-state index contributed by atoms with van der Waals surface area (Å²) >= 11 is 3.95. The fourth-order valence-electron chi connectivity index (χ4n) is 1.73. The van der Waals surface area contributed by atoms with Gasteiger partial charge in [0.15, 0.2) is 0 Å². The predicted molar refractivity (Wildman–Crippen MR) is 89.7 cm³/mol. The Bertz CT molecular complexity index is 519. The van der Waals surface area contributed by atoms with Crippen molar-refractivity contribution >= 4 is 36.4 Å². The van der Waals surface area contributed by atoms with E-state index in [0.717, 1.165) is 0 Å². The molecule has 0 unspecified atom stereocenters. The fraction of sp³-hybridized carbons (Fsp3) is 0.714. The van der Waals surface area contributed by atoms with Crippen LogP contribution in [0, 0.1) is 5.92 Å². The van der Waals surface area contributed by atoms with Crippen LogP contribution < -0.4 is 16.4 Å². The van der Waals surface area contributed by atoms with Crippen LogP contribution in [-0.4, -0.2) is 57.8 Å². The third kappa shape index (κ3) is 8.16. The molecule has 0 rings (SSSR count). The van der Waals surface area contributed by atoms with Crippen molar-refractivity contribution in [2.45, 2.75) is 51.2 Å². The Morgan fingerprint density at radius 3 is 2.17 bits per heavy atom. The molecule has 0 fully saturated rings. The third-order valence-corrected chi connectivity index (χ3v) is 3.50. The normalized spacial score (nSPS) is 16.5. The topological polar surface area (TPSA) is 159 Å². The molecule has 0 aromatic carbocycles. The maximum absolute atomic E-state index is 12.1. The van der Waals surface area contributed by atoms with Crippen molar-refractivity contribution in [1.82, 2.24) is 10.6 Å². The average Bonchev–Trinajstić information content (AvgIpc) is 2.51. The summed E-state index contributed by atoms with van der Waals surface area (Å²) in [5.74, 6) is -4.84. The maximum Gasteiger partial charge on any atom is 0.326 e. The number of carboxylic acid groups (broad SMARTS) is 2. The van der Waals surface area contributed by atoms with Gasteiger partial charge in [-0.25, -0.2) is 4.79 Å². The molecule has 0 heterocycles. The molecule has 0 radical (unpaired) electrons. The Morgan fingerprint density at radius 2 is 1.75 bits per heavy atom. The number of nitrogens with two attached hydrogens (primary N) is 1. The highest BCUT2D eigenvalue weighted by Crippen LogP contribution is 2.04. The summed E-state index contributed by atoms with van der Waals surface area (Å²) in [5, 5.41) is 22.3. The second-order valence-electron chi connectivity index (χ2n) is 5.50. The summed E-state index contributed by atoms with van der Waals surface area (Å²) in [5.41, 5.74) is 5.32. The Morgan fingerprint density at radius 1 is 1.17 bits per heavy atom. The van der Waals surface area contributed by atoms with Crippen molar-refractivity contribution in [1.29, 1.82) is 0 Å². The number of aliphatic carboxylic acids is 2. The number of thiol groups is 1. The van der Waals surface area contributed by atoms with Crippen LogP contribution in [0.1, 0.15) is 34.5 Å². The number of carbonyl (C=O) groups excluding carboxylic acids is 2. The quantitative estimate of drug-likeness (QED) is 0.206. The SMILES string of the molecule is [2H][C@](NC(=O)[C@H](CS)NC(=O)CCC[C@@H](N)C(=O)O)(C(=O)O)[13CH]([13CH3])[13CH3]. The summed E-state index contributed by atoms with van der Waals surface area (Å²) in [7, 11) is 0. The van der Waals surface area contributed by atoms with Crippen LogP contribution in [-0.2, 0) is 19.2 Å². The Balaban J connectivity index is 4.67. The van der Waals surface area contributed by atoms with Crippen molar-refractivity contribution in [3.8, 4) is 0 Å². The maximum atomic E-state index is 12.1. The standard InChI is InChI=1S/C14H25N3O6S/c1-7(2)11(14(22)23)17-12(19)9(6-24)16-10(18)5-3-4-8(15)13(20)21/h7-9,11,24H,3-6,15H2,1-2H3,(H,16,18)(H,17,19)(H,20,21)(H,22,23)/t8-,9+,11-/m1/s1/i1+1,2+1,7+1,11D. The summed E-state index contributed by atoms with van der Waals surface area (Å²) in [6.07, 6.45) is 0.264. The molecule has 9 nitrogen and oxygen atoms in total. The Kier molecular flexibility index (Phi) is 9.16. The van der Waals surface area contributed by atoms with Crippen molar-refractivity contribution in [3.05, 3.63) is 0 Å². The van der Waals surface area contributed by atoms with E-state index in [1.807, 2.05) is 0 Å². The number of carboxylic acids is 2. The van der Waals surface area contributed by atoms with Crippen LogP contribution in [0.3, 0.4) is 0 Å². The van der Waals surface area contributed by atoms with Crippen LogP contribution in [0.5, 0.6) is 0 Å². The molecule has 24 heavy (non-hydrogen) atoms. The summed E-state index contributed by atoms with van der Waals surface area (Å²) in [4.78, 5) is 45.8. The van der Waals surface area contributed by atoms with E-state index in [-0.39, 0.29) is 25.0 Å². The van der Waals surface area contributed by atoms with Crippen molar-refractivity contribution in [2.24, 2.45) is 11.7 Å². The lowest BCUT2D eigenvalue weighted by Crippen LogP contribution is -2.53. The molecule has 0 aliphatic carbocycles. The second-order valence-corrected chi connectivity index (χ2v) is 5.87. The number of hydrogen-bond donors (Lipinski definition) is 6. The highest BCUT2D eigenvalue weighted by molar-refractivity contribution is 7.80. The molecule has 0 saturated heterocycles. The highest BCUT2D eigenvalue weighted by Gasteiger charge is 2.27. The number of carbonyl (C=O) groups is 4. The third-order valence-electron chi connectivity index (χ3n) is 3.14. The lowest BCUT2D eigenvalue weighted by atomic mass is 10.1. The van der Waals surface area contributed by atoms with Gasteiger partial charge in [-0.3, -0.25) is 14.4 Å². The smallest absolute Gasteiger partial charge is 0.326 e. The minimum Gasteiger partial charge on any atom is -0.480 e. The van der Waals surface area contributed by atoms with Crippen molar-refractivity contribution in [3.63, 3.8) is 0 Å². The monoisotopic (exact) mass is 367 g/mol. The number of amides is 2. The lowest BCUT2D eigenvalue weighted by molar-refractivity contribution is -0.143. The number of nitrogens with one attached hydrogen (secondary N) is 2. The zero-order chi connectivity index (χ0) is 19.8. The van der Waals surface area contributed by atoms with Gasteiger partial charge in [0.25, 0.3) is 0 Å². The van der Waals surface area contributed by atoms with E-state index in [9.17, 15) is 19.2 Å². The molecule has 138 valence electrons. The Labute approximate surface area is 147 Å². The minimum absolute atomic E-state index is 0.0479. The molecule has 0 saturated carbocycles. The number of hydrogen-bond acceptors (Lipinski definition) is 6. The molecule has 0 spiro atoms. The van der Waals surface area contributed by atoms with E-state index in [0.29, 0.717) is 0 Å². The Hall–Kier alpha value is -1.81. The molecule has 6 N–H and O–H groups in total. The first-order valence-corrected chi connectivity index (χ1v) is 8.03. The van der Waals surface area contributed by atoms with Gasteiger partial charge in [-0.1, -0.05) is 13.8 Å². The van der Waals surface area contributed by atoms with Gasteiger partial charge in [0.05, 0.1) is 1.37 Å². The van der Waals surface area contributed by atoms with Crippen molar-refractivity contribution in [2.75, 3.05) is 5.75 Å². The van der Waals surface area contributed by atoms with Gasteiger partial charge in [-0.05, 0) is 18.8 Å². The van der Waals surface area contributed by atoms with Gasteiger partial charge in [-0.15, -0.1) is 0 Å². The van der Waals surface area contributed by atoms with Crippen LogP contribution >= 0.6 is 12.6 Å². The molecule has 3 atom stereocenters. The molecule has 0 bridgehead atoms. The number of rotatable bonds is 11.